The predicted molar refractivity (Wildman–Crippen MR) is 234 cm³/mol. The Balaban J connectivity index is 1.71. The van der Waals surface area contributed by atoms with Gasteiger partial charge in [0.15, 0.2) is 5.66 Å². The van der Waals surface area contributed by atoms with Crippen LogP contribution in [0.4, 0.5) is 4.79 Å². The predicted octanol–water partition coefficient (Wildman–Crippen LogP) is 6.47. The normalized spacial score (nSPS) is 18.0. The highest BCUT2D eigenvalue weighted by molar-refractivity contribution is 6.04. The Morgan fingerprint density at radius 3 is 1.80 bits per heavy atom. The number of imide groups is 1. The fourth-order valence-electron chi connectivity index (χ4n) is 8.47. The molecule has 4 aromatic rings. The Morgan fingerprint density at radius 1 is 0.787 bits per heavy atom. The Labute approximate surface area is 360 Å². The third-order valence-electron chi connectivity index (χ3n) is 11.9. The number of nitrogens with one attached hydrogen (secondary N) is 1. The lowest BCUT2D eigenvalue weighted by molar-refractivity contribution is -0.170. The van der Waals surface area contributed by atoms with E-state index >= 15 is 9.59 Å². The molecule has 324 valence electrons. The van der Waals surface area contributed by atoms with Gasteiger partial charge in [-0.3, -0.25) is 24.2 Å². The zero-order valence-corrected chi connectivity index (χ0v) is 36.5. The number of alkyl carbamates (subject to hydrolysis) is 1. The smallest absolute Gasteiger partial charge is 0.409 e. The summed E-state index contributed by atoms with van der Waals surface area (Å²) in [4.78, 5) is 76.9. The summed E-state index contributed by atoms with van der Waals surface area (Å²) < 4.78 is 10.8. The highest BCUT2D eigenvalue weighted by Crippen LogP contribution is 2.41. The van der Waals surface area contributed by atoms with Crippen LogP contribution in [0.2, 0.25) is 0 Å². The van der Waals surface area contributed by atoms with Gasteiger partial charge in [0, 0.05) is 24.9 Å². The second-order valence-electron chi connectivity index (χ2n) is 16.7. The molecule has 1 aliphatic heterocycles. The standard InChI is InChI=1S/C49H61N5O7/c1-8-42(55)54(43(34(2)3)45(57)60-7)46(58)49(50,48(5,6)40-27-19-12-20-28-40)52-31-39(29-36-21-13-9-14-22-36)44(56)53(41(32-52)30-37-23-15-10-16-24-37)35(4)51-47(59)61-33-38-25-17-11-18-26-38/h9-28,34-35,39,41,43H,8,29-33,50H2,1-7H3,(H,51,59)/t35-,39?,41?,43?,49-/m1/s1. The number of methoxy groups -OCH3 is 1. The van der Waals surface area contributed by atoms with Crippen molar-refractivity contribution in [1.82, 2.24) is 20.0 Å². The van der Waals surface area contributed by atoms with Crippen LogP contribution in [0.5, 0.6) is 0 Å². The molecule has 12 heteroatoms. The van der Waals surface area contributed by atoms with E-state index < -0.39 is 65.0 Å². The minimum Gasteiger partial charge on any atom is -0.467 e. The Morgan fingerprint density at radius 2 is 1.30 bits per heavy atom. The minimum absolute atomic E-state index is 0.00206. The van der Waals surface area contributed by atoms with E-state index in [1.807, 2.05) is 140 Å². The molecule has 1 saturated heterocycles. The molecule has 3 unspecified atom stereocenters. The van der Waals surface area contributed by atoms with Crippen molar-refractivity contribution in [3.05, 3.63) is 144 Å². The van der Waals surface area contributed by atoms with Gasteiger partial charge in [-0.25, -0.2) is 9.59 Å². The van der Waals surface area contributed by atoms with E-state index in [9.17, 15) is 14.4 Å². The van der Waals surface area contributed by atoms with Gasteiger partial charge in [0.2, 0.25) is 11.8 Å². The summed E-state index contributed by atoms with van der Waals surface area (Å²) >= 11 is 0. The third kappa shape index (κ3) is 10.5. The molecule has 0 saturated carbocycles. The highest BCUT2D eigenvalue weighted by atomic mass is 16.5. The van der Waals surface area contributed by atoms with Crippen molar-refractivity contribution in [2.24, 2.45) is 17.6 Å². The molecule has 3 N–H and O–H groups in total. The Kier molecular flexibility index (Phi) is 15.6. The number of carbonyl (C=O) groups is 5. The number of ether oxygens (including phenoxy) is 2. The molecule has 0 radical (unpaired) electrons. The maximum atomic E-state index is 15.9. The molecule has 5 atom stereocenters. The van der Waals surface area contributed by atoms with Crippen LogP contribution in [0.3, 0.4) is 0 Å². The second-order valence-corrected chi connectivity index (χ2v) is 16.7. The maximum Gasteiger partial charge on any atom is 0.409 e. The van der Waals surface area contributed by atoms with Gasteiger partial charge in [-0.2, -0.15) is 0 Å². The van der Waals surface area contributed by atoms with E-state index in [4.69, 9.17) is 15.2 Å². The lowest BCUT2D eigenvalue weighted by Gasteiger charge is -2.52. The average molecular weight is 832 g/mol. The van der Waals surface area contributed by atoms with Crippen molar-refractivity contribution >= 4 is 29.8 Å². The molecule has 5 rings (SSSR count). The van der Waals surface area contributed by atoms with Crippen LogP contribution in [0.1, 0.15) is 70.2 Å². The lowest BCUT2D eigenvalue weighted by Crippen LogP contribution is -2.76. The fraction of sp³-hybridized carbons (Fsp3) is 0.408. The molecule has 4 aromatic carbocycles. The second kappa shape index (κ2) is 20.6. The van der Waals surface area contributed by atoms with Crippen molar-refractivity contribution < 1.29 is 33.4 Å². The largest absolute Gasteiger partial charge is 0.467 e. The molecule has 0 spiro atoms. The van der Waals surface area contributed by atoms with E-state index in [1.165, 1.54) is 7.11 Å². The van der Waals surface area contributed by atoms with Gasteiger partial charge >= 0.3 is 12.1 Å². The van der Waals surface area contributed by atoms with Crippen molar-refractivity contribution in [3.63, 3.8) is 0 Å². The quantitative estimate of drug-likeness (QED) is 0.121. The number of esters is 1. The van der Waals surface area contributed by atoms with Gasteiger partial charge < -0.3 is 25.4 Å². The number of hydrogen-bond acceptors (Lipinski definition) is 9. The third-order valence-corrected chi connectivity index (χ3v) is 11.9. The van der Waals surface area contributed by atoms with Crippen molar-refractivity contribution in [2.45, 2.75) is 96.7 Å². The summed E-state index contributed by atoms with van der Waals surface area (Å²) in [6, 6.07) is 36.0. The SMILES string of the molecule is CCC(=O)N(C(=O)[C@@](N)(N1CC(Cc2ccccc2)C(=O)N([C@H](C)NC(=O)OCc2ccccc2)C(Cc2ccccc2)C1)C(C)(C)c1ccccc1)C(C(=O)OC)C(C)C. The van der Waals surface area contributed by atoms with E-state index in [0.717, 1.165) is 21.6 Å². The van der Waals surface area contributed by atoms with Gasteiger partial charge in [-0.05, 0) is 47.9 Å². The topological polar surface area (TPSA) is 152 Å². The first-order chi connectivity index (χ1) is 29.1. The van der Waals surface area contributed by atoms with Crippen LogP contribution in [-0.2, 0) is 53.5 Å². The molecule has 12 nitrogen and oxygen atoms in total. The Bertz CT molecular complexity index is 2080. The summed E-state index contributed by atoms with van der Waals surface area (Å²) in [6.07, 6.45) is -1.04. The van der Waals surface area contributed by atoms with Crippen molar-refractivity contribution in [1.29, 1.82) is 0 Å². The van der Waals surface area contributed by atoms with Crippen LogP contribution in [0, 0.1) is 11.8 Å². The molecule has 4 amide bonds. The van der Waals surface area contributed by atoms with Gasteiger partial charge in [-0.1, -0.05) is 156 Å². The number of nitrogens with two attached hydrogens (primary N) is 1. The molecule has 61 heavy (non-hydrogen) atoms. The first-order valence-corrected chi connectivity index (χ1v) is 21.0. The van der Waals surface area contributed by atoms with Crippen LogP contribution < -0.4 is 11.1 Å². The van der Waals surface area contributed by atoms with Crippen LogP contribution in [0.15, 0.2) is 121 Å². The zero-order chi connectivity index (χ0) is 44.3. The zero-order valence-electron chi connectivity index (χ0n) is 36.5. The summed E-state index contributed by atoms with van der Waals surface area (Å²) in [5, 5.41) is 2.92. The molecule has 0 bridgehead atoms. The van der Waals surface area contributed by atoms with Crippen molar-refractivity contribution in [3.8, 4) is 0 Å². The van der Waals surface area contributed by atoms with Crippen LogP contribution >= 0.6 is 0 Å². The van der Waals surface area contributed by atoms with E-state index in [2.05, 4.69) is 5.32 Å². The van der Waals surface area contributed by atoms with E-state index in [1.54, 1.807) is 32.6 Å². The van der Waals surface area contributed by atoms with Gasteiger partial charge in [0.05, 0.1) is 19.1 Å². The molecule has 1 aliphatic rings. The van der Waals surface area contributed by atoms with Gasteiger partial charge in [0.1, 0.15) is 18.8 Å². The number of carbonyl (C=O) groups excluding carboxylic acids is 5. The van der Waals surface area contributed by atoms with Crippen molar-refractivity contribution in [2.75, 3.05) is 20.2 Å². The van der Waals surface area contributed by atoms with E-state index in [0.29, 0.717) is 12.0 Å². The fourth-order valence-corrected chi connectivity index (χ4v) is 8.47. The number of hydrogen-bond donors (Lipinski definition) is 2. The number of nitrogens with zero attached hydrogens (tertiary/aromatic N) is 3. The first-order valence-electron chi connectivity index (χ1n) is 21.0. The summed E-state index contributed by atoms with van der Waals surface area (Å²) in [5.74, 6) is -3.69. The molecule has 0 aliphatic carbocycles. The average Bonchev–Trinajstić information content (AvgIpc) is 3.40. The Hall–Kier alpha value is -5.85. The monoisotopic (exact) mass is 831 g/mol. The van der Waals surface area contributed by atoms with E-state index in [-0.39, 0.29) is 38.4 Å². The van der Waals surface area contributed by atoms with Crippen LogP contribution in [0.25, 0.3) is 0 Å². The molecule has 1 fully saturated rings. The highest BCUT2D eigenvalue weighted by Gasteiger charge is 2.59. The number of amides is 4. The minimum atomic E-state index is -2.05. The molecule has 1 heterocycles. The summed E-state index contributed by atoms with van der Waals surface area (Å²) in [5.41, 5.74) is 7.85. The number of rotatable bonds is 16. The summed E-state index contributed by atoms with van der Waals surface area (Å²) in [6.45, 7) is 10.7. The maximum absolute atomic E-state index is 15.9. The van der Waals surface area contributed by atoms with Crippen LogP contribution in [-0.4, -0.2) is 88.6 Å². The first kappa shape index (κ1) is 46.2. The molecular weight excluding hydrogens is 771 g/mol. The van der Waals surface area contributed by atoms with Gasteiger partial charge in [-0.15, -0.1) is 0 Å². The molecular formula is C49H61N5O7. The number of benzene rings is 4. The summed E-state index contributed by atoms with van der Waals surface area (Å²) in [7, 11) is 1.23. The van der Waals surface area contributed by atoms with Gasteiger partial charge in [0.25, 0.3) is 5.91 Å². The molecule has 0 aromatic heterocycles. The lowest BCUT2D eigenvalue weighted by atomic mass is 9.70.